The Bertz CT molecular complexity index is 872. The van der Waals surface area contributed by atoms with Crippen molar-refractivity contribution in [2.24, 2.45) is 0 Å². The Labute approximate surface area is 156 Å². The second kappa shape index (κ2) is 8.13. The lowest BCUT2D eigenvalue weighted by atomic mass is 9.98. The lowest BCUT2D eigenvalue weighted by Crippen LogP contribution is -2.33. The zero-order valence-electron chi connectivity index (χ0n) is 15.7. The van der Waals surface area contributed by atoms with E-state index in [0.29, 0.717) is 22.7 Å². The van der Waals surface area contributed by atoms with E-state index < -0.39 is 16.5 Å². The number of esters is 1. The lowest BCUT2D eigenvalue weighted by Gasteiger charge is -2.27. The second-order valence-corrected chi connectivity index (χ2v) is 6.92. The number of carbonyl (C=O) groups excluding carboxylic acids is 2. The topological polar surface area (TPSA) is 99.0 Å². The zero-order chi connectivity index (χ0) is 20.2. The van der Waals surface area contributed by atoms with Crippen molar-refractivity contribution >= 4 is 34.5 Å². The number of nitro benzene ring substituents is 1. The fraction of sp³-hybridized carbons (Fsp3) is 0.368. The van der Waals surface area contributed by atoms with Gasteiger partial charge in [-0.1, -0.05) is 24.3 Å². The molecule has 0 fully saturated rings. The summed E-state index contributed by atoms with van der Waals surface area (Å²) < 4.78 is 4.94. The number of rotatable bonds is 7. The van der Waals surface area contributed by atoms with Gasteiger partial charge in [-0.2, -0.15) is 5.06 Å². The van der Waals surface area contributed by atoms with Crippen LogP contribution < -0.4 is 5.06 Å². The number of fused-ring (bicyclic) bond motifs is 1. The molecule has 0 heterocycles. The molecule has 0 aliphatic rings. The Morgan fingerprint density at radius 3 is 2.41 bits per heavy atom. The van der Waals surface area contributed by atoms with E-state index in [9.17, 15) is 19.7 Å². The van der Waals surface area contributed by atoms with Crippen LogP contribution in [0.5, 0.6) is 0 Å². The molecule has 2 aromatic carbocycles. The normalized spacial score (nSPS) is 11.3. The number of nitro groups is 1. The minimum absolute atomic E-state index is 0.0232. The van der Waals surface area contributed by atoms with Gasteiger partial charge in [-0.25, -0.2) is 0 Å². The van der Waals surface area contributed by atoms with E-state index in [0.717, 1.165) is 5.06 Å². The number of hydroxylamine groups is 1. The third-order valence-electron chi connectivity index (χ3n) is 3.67. The Morgan fingerprint density at radius 2 is 1.89 bits per heavy atom. The predicted molar refractivity (Wildman–Crippen MR) is 100 cm³/mol. The number of benzene rings is 2. The van der Waals surface area contributed by atoms with Crippen LogP contribution >= 0.6 is 0 Å². The van der Waals surface area contributed by atoms with Crippen LogP contribution in [0, 0.1) is 10.1 Å². The Balaban J connectivity index is 2.64. The summed E-state index contributed by atoms with van der Waals surface area (Å²) in [5.74, 6) is -0.454. The van der Waals surface area contributed by atoms with Gasteiger partial charge in [-0.15, -0.1) is 0 Å². The zero-order valence-corrected chi connectivity index (χ0v) is 15.7. The SMILES string of the molecule is CC(=O)OCCc1c([N+](=O)[O-])cc(N(C=O)OC(C)(C)C)c2ccccc12. The number of hydrogen-bond donors (Lipinski definition) is 0. The van der Waals surface area contributed by atoms with Gasteiger partial charge in [0.15, 0.2) is 0 Å². The number of carbonyl (C=O) groups is 2. The first-order chi connectivity index (χ1) is 12.6. The van der Waals surface area contributed by atoms with E-state index in [-0.39, 0.29) is 24.4 Å². The first kappa shape index (κ1) is 20.3. The smallest absolute Gasteiger partial charge is 0.302 e. The summed E-state index contributed by atoms with van der Waals surface area (Å²) in [5.41, 5.74) is -0.133. The van der Waals surface area contributed by atoms with Crippen molar-refractivity contribution in [1.29, 1.82) is 0 Å². The predicted octanol–water partition coefficient (Wildman–Crippen LogP) is 3.55. The molecule has 2 rings (SSSR count). The van der Waals surface area contributed by atoms with Crippen LogP contribution in [0.15, 0.2) is 30.3 Å². The molecule has 0 bridgehead atoms. The number of ether oxygens (including phenoxy) is 1. The molecule has 0 aliphatic heterocycles. The van der Waals surface area contributed by atoms with Crippen LogP contribution in [0.2, 0.25) is 0 Å². The molecule has 0 unspecified atom stereocenters. The molecule has 0 spiro atoms. The monoisotopic (exact) mass is 374 g/mol. The van der Waals surface area contributed by atoms with Gasteiger partial charge in [0.25, 0.3) is 5.69 Å². The average molecular weight is 374 g/mol. The van der Waals surface area contributed by atoms with Crippen molar-refractivity contribution in [3.8, 4) is 0 Å². The molecule has 2 aromatic rings. The maximum absolute atomic E-state index is 11.7. The van der Waals surface area contributed by atoms with Gasteiger partial charge in [0.1, 0.15) is 0 Å². The lowest BCUT2D eigenvalue weighted by molar-refractivity contribution is -0.385. The number of nitrogens with zero attached hydrogens (tertiary/aromatic N) is 2. The van der Waals surface area contributed by atoms with Gasteiger partial charge in [0.2, 0.25) is 6.41 Å². The summed E-state index contributed by atoms with van der Waals surface area (Å²) >= 11 is 0. The molecule has 0 saturated carbocycles. The van der Waals surface area contributed by atoms with Crippen LogP contribution in [0.4, 0.5) is 11.4 Å². The quantitative estimate of drug-likeness (QED) is 0.318. The van der Waals surface area contributed by atoms with Crippen LogP contribution in [0.25, 0.3) is 10.8 Å². The molecule has 0 aliphatic carbocycles. The maximum atomic E-state index is 11.7. The molecular weight excluding hydrogens is 352 g/mol. The highest BCUT2D eigenvalue weighted by atomic mass is 16.7. The summed E-state index contributed by atoms with van der Waals surface area (Å²) in [6, 6.07) is 8.32. The number of hydrogen-bond acceptors (Lipinski definition) is 6. The van der Waals surface area contributed by atoms with E-state index in [1.54, 1.807) is 45.0 Å². The van der Waals surface area contributed by atoms with Crippen LogP contribution in [0.3, 0.4) is 0 Å². The van der Waals surface area contributed by atoms with E-state index in [2.05, 4.69) is 0 Å². The Hall–Kier alpha value is -3.00. The first-order valence-electron chi connectivity index (χ1n) is 8.40. The minimum atomic E-state index is -0.676. The standard InChI is InChI=1S/C19H22N2O6/c1-13(23)26-10-9-16-14-7-5-6-8-15(14)17(11-18(16)21(24)25)20(12-22)27-19(2,3)4/h5-8,11-12H,9-10H2,1-4H3. The molecule has 0 N–H and O–H groups in total. The van der Waals surface area contributed by atoms with Gasteiger partial charge in [0, 0.05) is 30.4 Å². The molecule has 1 amide bonds. The molecule has 0 atom stereocenters. The molecule has 144 valence electrons. The Kier molecular flexibility index (Phi) is 6.12. The summed E-state index contributed by atoms with van der Waals surface area (Å²) in [4.78, 5) is 39.4. The summed E-state index contributed by atoms with van der Waals surface area (Å²) in [6.45, 7) is 6.62. The number of amides is 1. The average Bonchev–Trinajstić information content (AvgIpc) is 2.58. The first-order valence-corrected chi connectivity index (χ1v) is 8.40. The Morgan fingerprint density at radius 1 is 1.26 bits per heavy atom. The van der Waals surface area contributed by atoms with Crippen molar-refractivity contribution in [1.82, 2.24) is 0 Å². The highest BCUT2D eigenvalue weighted by Crippen LogP contribution is 2.37. The van der Waals surface area contributed by atoms with E-state index >= 15 is 0 Å². The van der Waals surface area contributed by atoms with Crippen molar-refractivity contribution < 1.29 is 24.1 Å². The van der Waals surface area contributed by atoms with Crippen molar-refractivity contribution in [2.45, 2.75) is 39.7 Å². The summed E-state index contributed by atoms with van der Waals surface area (Å²) in [7, 11) is 0. The van der Waals surface area contributed by atoms with Crippen LogP contribution in [0.1, 0.15) is 33.3 Å². The largest absolute Gasteiger partial charge is 0.466 e. The fourth-order valence-corrected chi connectivity index (χ4v) is 2.73. The minimum Gasteiger partial charge on any atom is -0.466 e. The summed E-state index contributed by atoms with van der Waals surface area (Å²) in [6.07, 6.45) is 0.660. The fourth-order valence-electron chi connectivity index (χ4n) is 2.73. The van der Waals surface area contributed by atoms with Gasteiger partial charge in [0.05, 0.1) is 22.8 Å². The van der Waals surface area contributed by atoms with Gasteiger partial charge in [-0.3, -0.25) is 24.5 Å². The molecule has 27 heavy (non-hydrogen) atoms. The van der Waals surface area contributed by atoms with E-state index in [4.69, 9.17) is 9.57 Å². The molecule has 8 nitrogen and oxygen atoms in total. The molecule has 0 radical (unpaired) electrons. The van der Waals surface area contributed by atoms with Gasteiger partial charge in [-0.05, 0) is 26.2 Å². The van der Waals surface area contributed by atoms with Crippen LogP contribution in [-0.2, 0) is 25.6 Å². The maximum Gasteiger partial charge on any atom is 0.302 e. The molecule has 0 saturated heterocycles. The van der Waals surface area contributed by atoms with E-state index in [1.807, 2.05) is 0 Å². The number of anilines is 1. The third kappa shape index (κ3) is 5.01. The van der Waals surface area contributed by atoms with Crippen molar-refractivity contribution in [3.63, 3.8) is 0 Å². The van der Waals surface area contributed by atoms with Crippen molar-refractivity contribution in [2.75, 3.05) is 11.7 Å². The summed E-state index contributed by atoms with van der Waals surface area (Å²) in [5, 5.41) is 13.9. The second-order valence-electron chi connectivity index (χ2n) is 6.92. The van der Waals surface area contributed by atoms with Gasteiger partial charge < -0.3 is 4.74 Å². The third-order valence-corrected chi connectivity index (χ3v) is 3.67. The molecular formula is C19H22N2O6. The highest BCUT2D eigenvalue weighted by Gasteiger charge is 2.25. The van der Waals surface area contributed by atoms with Gasteiger partial charge >= 0.3 is 5.97 Å². The van der Waals surface area contributed by atoms with Crippen LogP contribution in [-0.4, -0.2) is 29.5 Å². The highest BCUT2D eigenvalue weighted by molar-refractivity contribution is 6.01. The van der Waals surface area contributed by atoms with Crippen molar-refractivity contribution in [3.05, 3.63) is 46.0 Å². The molecule has 0 aromatic heterocycles. The molecule has 8 heteroatoms. The van der Waals surface area contributed by atoms with E-state index in [1.165, 1.54) is 13.0 Å².